The minimum absolute atomic E-state index is 0.791. The van der Waals surface area contributed by atoms with Gasteiger partial charge in [0, 0.05) is 18.9 Å². The SMILES string of the molecule is CCCCCO[Si](OC)c1cccc2ccccc12. The van der Waals surface area contributed by atoms with Crippen LogP contribution in [0.5, 0.6) is 0 Å². The maximum Gasteiger partial charge on any atom is 0.423 e. The van der Waals surface area contributed by atoms with E-state index < -0.39 is 9.28 Å². The molecule has 0 aliphatic heterocycles. The lowest BCUT2D eigenvalue weighted by molar-refractivity contribution is 0.235. The zero-order valence-electron chi connectivity index (χ0n) is 11.7. The van der Waals surface area contributed by atoms with E-state index in [2.05, 4.69) is 49.4 Å². The van der Waals surface area contributed by atoms with E-state index in [1.165, 1.54) is 28.8 Å². The van der Waals surface area contributed by atoms with Gasteiger partial charge in [-0.2, -0.15) is 0 Å². The monoisotopic (exact) mass is 273 g/mol. The van der Waals surface area contributed by atoms with Crippen LogP contribution in [0.25, 0.3) is 10.8 Å². The number of hydrogen-bond acceptors (Lipinski definition) is 2. The topological polar surface area (TPSA) is 18.5 Å². The van der Waals surface area contributed by atoms with Gasteiger partial charge in [0.15, 0.2) is 0 Å². The minimum Gasteiger partial charge on any atom is -0.393 e. The summed E-state index contributed by atoms with van der Waals surface area (Å²) in [4.78, 5) is 0. The van der Waals surface area contributed by atoms with Crippen LogP contribution in [0, 0.1) is 0 Å². The summed E-state index contributed by atoms with van der Waals surface area (Å²) in [6, 6.07) is 14.7. The fraction of sp³-hybridized carbons (Fsp3) is 0.375. The number of benzene rings is 2. The predicted molar refractivity (Wildman–Crippen MR) is 81.8 cm³/mol. The first-order valence-corrected chi connectivity index (χ1v) is 8.20. The molecule has 2 rings (SSSR count). The van der Waals surface area contributed by atoms with Crippen LogP contribution in [0.4, 0.5) is 0 Å². The Morgan fingerprint density at radius 3 is 2.58 bits per heavy atom. The third-order valence-corrected chi connectivity index (χ3v) is 4.89. The molecule has 0 spiro atoms. The first kappa shape index (κ1) is 14.3. The van der Waals surface area contributed by atoms with Crippen LogP contribution in [-0.4, -0.2) is 23.0 Å². The smallest absolute Gasteiger partial charge is 0.393 e. The van der Waals surface area contributed by atoms with E-state index >= 15 is 0 Å². The van der Waals surface area contributed by atoms with Crippen molar-refractivity contribution in [3.05, 3.63) is 42.5 Å². The summed E-state index contributed by atoms with van der Waals surface area (Å²) >= 11 is 0. The summed E-state index contributed by atoms with van der Waals surface area (Å²) < 4.78 is 11.6. The predicted octanol–water partition coefficient (Wildman–Crippen LogP) is 3.39. The molecule has 2 aromatic rings. The Hall–Kier alpha value is -1.16. The van der Waals surface area contributed by atoms with Crippen molar-refractivity contribution in [1.29, 1.82) is 0 Å². The molecule has 19 heavy (non-hydrogen) atoms. The average molecular weight is 273 g/mol. The zero-order valence-corrected chi connectivity index (χ0v) is 12.7. The average Bonchev–Trinajstić information content (AvgIpc) is 2.47. The van der Waals surface area contributed by atoms with Crippen LogP contribution in [0.15, 0.2) is 42.5 Å². The molecular weight excluding hydrogens is 252 g/mol. The second-order valence-electron chi connectivity index (χ2n) is 4.57. The molecule has 0 aromatic heterocycles. The van der Waals surface area contributed by atoms with Gasteiger partial charge >= 0.3 is 9.28 Å². The number of fused-ring (bicyclic) bond motifs is 1. The highest BCUT2D eigenvalue weighted by Crippen LogP contribution is 2.12. The van der Waals surface area contributed by atoms with E-state index in [4.69, 9.17) is 8.85 Å². The van der Waals surface area contributed by atoms with Crippen molar-refractivity contribution >= 4 is 25.2 Å². The van der Waals surface area contributed by atoms with Gasteiger partial charge in [-0.3, -0.25) is 0 Å². The number of unbranched alkanes of at least 4 members (excludes halogenated alkanes) is 2. The Labute approximate surface area is 117 Å². The Morgan fingerprint density at radius 2 is 1.79 bits per heavy atom. The van der Waals surface area contributed by atoms with Crippen molar-refractivity contribution in [1.82, 2.24) is 0 Å². The van der Waals surface area contributed by atoms with E-state index in [1.807, 2.05) is 0 Å². The minimum atomic E-state index is -1.37. The lowest BCUT2D eigenvalue weighted by atomic mass is 10.1. The Morgan fingerprint density at radius 1 is 1.00 bits per heavy atom. The fourth-order valence-electron chi connectivity index (χ4n) is 2.17. The maximum atomic E-state index is 5.97. The normalized spacial score (nSPS) is 11.3. The second-order valence-corrected chi connectivity index (χ2v) is 6.38. The molecule has 101 valence electrons. The van der Waals surface area contributed by atoms with Gasteiger partial charge in [0.25, 0.3) is 0 Å². The Bertz CT molecular complexity index is 508. The van der Waals surface area contributed by atoms with Crippen LogP contribution in [0.2, 0.25) is 0 Å². The summed E-state index contributed by atoms with van der Waals surface area (Å²) in [6.45, 7) is 2.99. The molecule has 0 saturated carbocycles. The van der Waals surface area contributed by atoms with Crippen LogP contribution >= 0.6 is 0 Å². The Kier molecular flexibility index (Phi) is 5.57. The highest BCUT2D eigenvalue weighted by Gasteiger charge is 2.19. The molecule has 0 saturated heterocycles. The molecular formula is C16H21O2Si. The van der Waals surface area contributed by atoms with E-state index in [1.54, 1.807) is 7.11 Å². The maximum absolute atomic E-state index is 5.97. The zero-order chi connectivity index (χ0) is 13.5. The van der Waals surface area contributed by atoms with Gasteiger partial charge in [-0.05, 0) is 17.2 Å². The molecule has 0 fully saturated rings. The van der Waals surface area contributed by atoms with E-state index in [9.17, 15) is 0 Å². The molecule has 0 bridgehead atoms. The summed E-state index contributed by atoms with van der Waals surface area (Å²) in [5, 5.41) is 3.70. The molecule has 1 radical (unpaired) electrons. The van der Waals surface area contributed by atoms with Crippen LogP contribution in [0.3, 0.4) is 0 Å². The van der Waals surface area contributed by atoms with E-state index in [0.717, 1.165) is 13.0 Å². The standard InChI is InChI=1S/C16H21O2Si/c1-3-4-7-13-18-19(17-2)16-12-8-10-14-9-5-6-11-15(14)16/h5-6,8-12H,3-4,7,13H2,1-2H3. The van der Waals surface area contributed by atoms with Crippen molar-refractivity contribution in [3.8, 4) is 0 Å². The molecule has 0 atom stereocenters. The lowest BCUT2D eigenvalue weighted by Crippen LogP contribution is -2.36. The van der Waals surface area contributed by atoms with E-state index in [-0.39, 0.29) is 0 Å². The molecule has 2 aromatic carbocycles. The van der Waals surface area contributed by atoms with Crippen molar-refractivity contribution in [2.45, 2.75) is 26.2 Å². The quantitative estimate of drug-likeness (QED) is 0.569. The van der Waals surface area contributed by atoms with Crippen LogP contribution in [-0.2, 0) is 8.85 Å². The van der Waals surface area contributed by atoms with E-state index in [0.29, 0.717) is 0 Å². The van der Waals surface area contributed by atoms with Gasteiger partial charge in [-0.25, -0.2) is 0 Å². The van der Waals surface area contributed by atoms with Crippen LogP contribution < -0.4 is 5.19 Å². The van der Waals surface area contributed by atoms with Crippen molar-refractivity contribution in [3.63, 3.8) is 0 Å². The molecule has 0 aliphatic rings. The molecule has 0 heterocycles. The lowest BCUT2D eigenvalue weighted by Gasteiger charge is -2.15. The molecule has 0 N–H and O–H groups in total. The first-order chi connectivity index (χ1) is 9.36. The molecule has 0 unspecified atom stereocenters. The highest BCUT2D eigenvalue weighted by atomic mass is 28.3. The third kappa shape index (κ3) is 3.66. The molecule has 0 amide bonds. The number of rotatable bonds is 7. The van der Waals surface area contributed by atoms with Crippen molar-refractivity contribution in [2.75, 3.05) is 13.7 Å². The van der Waals surface area contributed by atoms with Gasteiger partial charge in [0.1, 0.15) is 0 Å². The molecule has 0 aliphatic carbocycles. The molecule has 3 heteroatoms. The van der Waals surface area contributed by atoms with Gasteiger partial charge < -0.3 is 8.85 Å². The second kappa shape index (κ2) is 7.43. The van der Waals surface area contributed by atoms with Crippen LogP contribution in [0.1, 0.15) is 26.2 Å². The van der Waals surface area contributed by atoms with Gasteiger partial charge in [-0.15, -0.1) is 0 Å². The summed E-state index contributed by atoms with van der Waals surface area (Å²) in [5.74, 6) is 0. The van der Waals surface area contributed by atoms with Gasteiger partial charge in [-0.1, -0.05) is 62.2 Å². The van der Waals surface area contributed by atoms with Crippen molar-refractivity contribution < 1.29 is 8.85 Å². The van der Waals surface area contributed by atoms with Crippen molar-refractivity contribution in [2.24, 2.45) is 0 Å². The first-order valence-electron chi connectivity index (χ1n) is 6.88. The van der Waals surface area contributed by atoms with Gasteiger partial charge in [0.2, 0.25) is 0 Å². The fourth-order valence-corrected chi connectivity index (χ4v) is 3.67. The summed E-state index contributed by atoms with van der Waals surface area (Å²) in [7, 11) is 0.379. The summed E-state index contributed by atoms with van der Waals surface area (Å²) in [6.07, 6.45) is 3.54. The Balaban J connectivity index is 2.16. The number of hydrogen-bond donors (Lipinski definition) is 0. The summed E-state index contributed by atoms with van der Waals surface area (Å²) in [5.41, 5.74) is 0. The highest BCUT2D eigenvalue weighted by molar-refractivity contribution is 6.64. The largest absolute Gasteiger partial charge is 0.423 e. The van der Waals surface area contributed by atoms with Gasteiger partial charge in [0.05, 0.1) is 0 Å². The molecule has 2 nitrogen and oxygen atoms in total. The third-order valence-electron chi connectivity index (χ3n) is 3.18.